The minimum atomic E-state index is -0.353. The average Bonchev–Trinajstić information content (AvgIpc) is 3.88. The van der Waals surface area contributed by atoms with E-state index in [2.05, 4.69) is 218 Å². The van der Waals surface area contributed by atoms with Crippen LogP contribution in [0, 0.1) is 0 Å². The van der Waals surface area contributed by atoms with E-state index in [0.29, 0.717) is 0 Å². The molecule has 4 aliphatic rings. The zero-order valence-corrected chi connectivity index (χ0v) is 34.7. The van der Waals surface area contributed by atoms with Crippen LogP contribution < -0.4 is 4.90 Å². The third kappa shape index (κ3) is 4.57. The number of benzene rings is 8. The van der Waals surface area contributed by atoms with Crippen molar-refractivity contribution in [2.24, 2.45) is 0 Å². The van der Waals surface area contributed by atoms with Gasteiger partial charge in [-0.2, -0.15) is 0 Å². The molecule has 290 valence electrons. The highest BCUT2D eigenvalue weighted by molar-refractivity contribution is 6.09. The van der Waals surface area contributed by atoms with Gasteiger partial charge in [-0.25, -0.2) is 0 Å². The zero-order valence-electron chi connectivity index (χ0n) is 34.7. The van der Waals surface area contributed by atoms with Gasteiger partial charge in [0, 0.05) is 32.9 Å². The molecule has 2 nitrogen and oxygen atoms in total. The number of nitrogens with zero attached hydrogens (tertiary/aromatic N) is 2. The Hall–Kier alpha value is -7.16. The van der Waals surface area contributed by atoms with Crippen molar-refractivity contribution >= 4 is 44.4 Å². The number of para-hydroxylation sites is 3. The summed E-state index contributed by atoms with van der Waals surface area (Å²) in [5.41, 5.74) is 24.5. The van der Waals surface area contributed by atoms with Crippen molar-refractivity contribution in [2.45, 2.75) is 44.4 Å². The largest absolute Gasteiger partial charge is 0.309 e. The maximum Gasteiger partial charge on any atom is 0.0541 e. The summed E-state index contributed by atoms with van der Waals surface area (Å²) < 4.78 is 2.42. The summed E-state index contributed by atoms with van der Waals surface area (Å²) >= 11 is 0. The second kappa shape index (κ2) is 12.4. The van der Waals surface area contributed by atoms with Crippen LogP contribution in [0.25, 0.3) is 66.4 Å². The molecule has 1 unspecified atom stereocenters. The molecule has 0 bridgehead atoms. The molecule has 0 N–H and O–H groups in total. The number of aromatic nitrogens is 1. The number of fused-ring (bicyclic) bond motifs is 10. The molecule has 2 heteroatoms. The minimum absolute atomic E-state index is 0.00119. The average molecular weight is 781 g/mol. The van der Waals surface area contributed by atoms with E-state index in [-0.39, 0.29) is 10.8 Å². The van der Waals surface area contributed by atoms with Crippen LogP contribution in [0.15, 0.2) is 194 Å². The van der Waals surface area contributed by atoms with E-state index in [1.807, 2.05) is 0 Å². The molecule has 0 amide bonds. The molecule has 1 atom stereocenters. The van der Waals surface area contributed by atoms with Crippen LogP contribution in [-0.2, 0) is 10.8 Å². The van der Waals surface area contributed by atoms with Crippen LogP contribution in [0.2, 0.25) is 0 Å². The summed E-state index contributed by atoms with van der Waals surface area (Å²) in [5.74, 6) is 0. The fourth-order valence-corrected chi connectivity index (χ4v) is 12.0. The Balaban J connectivity index is 1.04. The van der Waals surface area contributed by atoms with Gasteiger partial charge in [-0.15, -0.1) is 0 Å². The summed E-state index contributed by atoms with van der Waals surface area (Å²) in [7, 11) is 0. The third-order valence-corrected chi connectivity index (χ3v) is 14.7. The zero-order chi connectivity index (χ0) is 40.6. The fraction of sp³-hybridized carbons (Fsp3) is 0.119. The van der Waals surface area contributed by atoms with Crippen LogP contribution in [0.4, 0.5) is 17.1 Å². The van der Waals surface area contributed by atoms with Crippen LogP contribution in [0.1, 0.15) is 61.4 Å². The van der Waals surface area contributed by atoms with Gasteiger partial charge in [0.2, 0.25) is 0 Å². The van der Waals surface area contributed by atoms with Crippen molar-refractivity contribution in [1.29, 1.82) is 0 Å². The van der Waals surface area contributed by atoms with Crippen molar-refractivity contribution < 1.29 is 0 Å². The molecule has 8 aromatic carbocycles. The van der Waals surface area contributed by atoms with Crippen molar-refractivity contribution in [3.05, 3.63) is 221 Å². The van der Waals surface area contributed by atoms with Crippen LogP contribution in [-0.4, -0.2) is 4.57 Å². The lowest BCUT2D eigenvalue weighted by molar-refractivity contribution is 0.607. The molecule has 13 rings (SSSR count). The van der Waals surface area contributed by atoms with Crippen molar-refractivity contribution in [3.8, 4) is 39.1 Å². The van der Waals surface area contributed by atoms with Crippen LogP contribution in [0.5, 0.6) is 0 Å². The molecular formula is C59H44N2. The van der Waals surface area contributed by atoms with Gasteiger partial charge in [0.15, 0.2) is 0 Å². The molecular weight excluding hydrogens is 737 g/mol. The predicted octanol–water partition coefficient (Wildman–Crippen LogP) is 15.6. The Labute approximate surface area is 357 Å². The summed E-state index contributed by atoms with van der Waals surface area (Å²) in [4.78, 5) is 2.58. The van der Waals surface area contributed by atoms with E-state index in [4.69, 9.17) is 0 Å². The van der Waals surface area contributed by atoms with Crippen LogP contribution in [0.3, 0.4) is 0 Å². The molecule has 61 heavy (non-hydrogen) atoms. The highest BCUT2D eigenvalue weighted by atomic mass is 15.2. The summed E-state index contributed by atoms with van der Waals surface area (Å²) in [6, 6.07) is 66.1. The fourth-order valence-electron chi connectivity index (χ4n) is 12.0. The Morgan fingerprint density at radius 1 is 0.475 bits per heavy atom. The van der Waals surface area contributed by atoms with E-state index in [1.165, 1.54) is 106 Å². The number of anilines is 3. The number of rotatable bonds is 4. The van der Waals surface area contributed by atoms with E-state index in [1.54, 1.807) is 5.57 Å². The minimum Gasteiger partial charge on any atom is -0.309 e. The lowest BCUT2D eigenvalue weighted by Gasteiger charge is -2.43. The molecule has 0 saturated heterocycles. The molecule has 2 heterocycles. The number of hydrogen-bond acceptors (Lipinski definition) is 1. The first-order valence-electron chi connectivity index (χ1n) is 21.8. The monoisotopic (exact) mass is 780 g/mol. The summed E-state index contributed by atoms with van der Waals surface area (Å²) in [5, 5.41) is 2.55. The first-order chi connectivity index (χ1) is 29.9. The van der Waals surface area contributed by atoms with Crippen molar-refractivity contribution in [1.82, 2.24) is 4.57 Å². The predicted molar refractivity (Wildman–Crippen MR) is 256 cm³/mol. The van der Waals surface area contributed by atoms with Gasteiger partial charge in [-0.3, -0.25) is 0 Å². The van der Waals surface area contributed by atoms with Gasteiger partial charge in [0.25, 0.3) is 0 Å². The second-order valence-electron chi connectivity index (χ2n) is 18.1. The van der Waals surface area contributed by atoms with E-state index in [0.717, 1.165) is 18.5 Å². The lowest BCUT2D eigenvalue weighted by atomic mass is 9.70. The standard InChI is InChI=1S/C59H44N2/c1-58(2)47-26-9-5-23-46(47)56-44(24-15-28-49(56)58)43-22-8-13-31-53(43)61-54-34-33-38(36-50(54)59(3)48-27-10-4-19-40(48)45-25-16-32-55(61)57(45)59)37-17-14-18-39(35-37)60-51-29-11-6-20-41(51)42-21-7-12-30-52(42)60/h4-8,10-25,27-36H,9,26H2,1-3H3. The number of allylic oxidation sites excluding steroid dienone is 4. The first-order valence-corrected chi connectivity index (χ1v) is 21.8. The molecule has 1 aromatic heterocycles. The lowest BCUT2D eigenvalue weighted by Crippen LogP contribution is -2.32. The maximum absolute atomic E-state index is 2.58. The highest BCUT2D eigenvalue weighted by Crippen LogP contribution is 2.63. The second-order valence-corrected chi connectivity index (χ2v) is 18.1. The SMILES string of the molecule is CC1(C)C2=C(C=CCC2)c2c(-c3ccccc3N3c4ccc(-c5cccc(-n6c7ccccc7c7ccccc76)c5)cc4C4(C)c5ccccc5-c5cccc3c54)cccc21. The Bertz CT molecular complexity index is 3370. The van der Waals surface area contributed by atoms with E-state index in [9.17, 15) is 0 Å². The molecule has 9 aromatic rings. The van der Waals surface area contributed by atoms with Gasteiger partial charge in [0.05, 0.1) is 28.1 Å². The van der Waals surface area contributed by atoms with Gasteiger partial charge in [0.1, 0.15) is 0 Å². The Morgan fingerprint density at radius 2 is 1.11 bits per heavy atom. The van der Waals surface area contributed by atoms with E-state index < -0.39 is 0 Å². The quantitative estimate of drug-likeness (QED) is 0.173. The van der Waals surface area contributed by atoms with Crippen molar-refractivity contribution in [2.75, 3.05) is 4.90 Å². The van der Waals surface area contributed by atoms with Gasteiger partial charge in [-0.1, -0.05) is 159 Å². The number of hydrogen-bond donors (Lipinski definition) is 0. The molecule has 0 radical (unpaired) electrons. The normalized spacial score (nSPS) is 17.7. The molecule has 1 aliphatic heterocycles. The molecule has 0 saturated carbocycles. The smallest absolute Gasteiger partial charge is 0.0541 e. The molecule has 0 fully saturated rings. The first kappa shape index (κ1) is 34.7. The topological polar surface area (TPSA) is 8.17 Å². The Kier molecular flexibility index (Phi) is 7.07. The third-order valence-electron chi connectivity index (χ3n) is 14.7. The Morgan fingerprint density at radius 3 is 1.95 bits per heavy atom. The molecule has 3 aliphatic carbocycles. The van der Waals surface area contributed by atoms with Gasteiger partial charge >= 0.3 is 0 Å². The van der Waals surface area contributed by atoms with Crippen LogP contribution >= 0.6 is 0 Å². The van der Waals surface area contributed by atoms with Gasteiger partial charge in [-0.05, 0) is 130 Å². The molecule has 0 spiro atoms. The van der Waals surface area contributed by atoms with Gasteiger partial charge < -0.3 is 9.47 Å². The van der Waals surface area contributed by atoms with Crippen molar-refractivity contribution in [3.63, 3.8) is 0 Å². The summed E-state index contributed by atoms with van der Waals surface area (Å²) in [6.07, 6.45) is 7.00. The summed E-state index contributed by atoms with van der Waals surface area (Å²) in [6.45, 7) is 7.31. The van der Waals surface area contributed by atoms with E-state index >= 15 is 0 Å². The highest BCUT2D eigenvalue weighted by Gasteiger charge is 2.49. The maximum atomic E-state index is 2.58.